The van der Waals surface area contributed by atoms with Crippen LogP contribution in [-0.2, 0) is 4.79 Å². The van der Waals surface area contributed by atoms with Crippen LogP contribution in [0.4, 0.5) is 5.95 Å². The second-order valence-electron chi connectivity index (χ2n) is 4.60. The zero-order valence-corrected chi connectivity index (χ0v) is 10.1. The number of hydrogen-bond acceptors (Lipinski definition) is 2. The van der Waals surface area contributed by atoms with Gasteiger partial charge in [-0.2, -0.15) is 0 Å². The van der Waals surface area contributed by atoms with Gasteiger partial charge in [-0.15, -0.1) is 12.3 Å². The van der Waals surface area contributed by atoms with E-state index in [-0.39, 0.29) is 11.8 Å². The van der Waals surface area contributed by atoms with Gasteiger partial charge in [0.25, 0.3) is 0 Å². The maximum atomic E-state index is 11.9. The molecule has 0 bridgehead atoms. The van der Waals surface area contributed by atoms with E-state index < -0.39 is 0 Å². The van der Waals surface area contributed by atoms with Crippen LogP contribution in [0.3, 0.4) is 0 Å². The molecule has 1 saturated heterocycles. The number of aromatic nitrogens is 2. The highest BCUT2D eigenvalue weighted by Gasteiger charge is 2.31. The molecule has 18 heavy (non-hydrogen) atoms. The first kappa shape index (κ1) is 10.8. The molecule has 1 aromatic heterocycles. The van der Waals surface area contributed by atoms with Gasteiger partial charge in [-0.3, -0.25) is 9.69 Å². The number of rotatable bonds is 1. The van der Waals surface area contributed by atoms with Crippen LogP contribution < -0.4 is 4.90 Å². The van der Waals surface area contributed by atoms with Gasteiger partial charge in [-0.05, 0) is 18.6 Å². The van der Waals surface area contributed by atoms with Gasteiger partial charge in [-0.1, -0.05) is 12.1 Å². The van der Waals surface area contributed by atoms with E-state index in [0.717, 1.165) is 16.6 Å². The van der Waals surface area contributed by atoms with E-state index in [4.69, 9.17) is 6.42 Å². The maximum Gasteiger partial charge on any atom is 0.230 e. The third kappa shape index (κ3) is 1.56. The van der Waals surface area contributed by atoms with E-state index in [1.807, 2.05) is 25.1 Å². The summed E-state index contributed by atoms with van der Waals surface area (Å²) in [6.07, 6.45) is 5.79. The predicted molar refractivity (Wildman–Crippen MR) is 70.1 cm³/mol. The molecule has 1 fully saturated rings. The Morgan fingerprint density at radius 3 is 3.06 bits per heavy atom. The minimum absolute atomic E-state index is 0.00758. The second-order valence-corrected chi connectivity index (χ2v) is 4.60. The maximum absolute atomic E-state index is 11.9. The number of benzene rings is 1. The lowest BCUT2D eigenvalue weighted by molar-refractivity contribution is -0.117. The molecule has 3 rings (SSSR count). The van der Waals surface area contributed by atoms with Gasteiger partial charge in [0, 0.05) is 18.9 Å². The normalized spacial score (nSPS) is 19.4. The minimum Gasteiger partial charge on any atom is -0.324 e. The van der Waals surface area contributed by atoms with E-state index in [2.05, 4.69) is 15.9 Å². The lowest BCUT2D eigenvalue weighted by atomic mass is 10.1. The van der Waals surface area contributed by atoms with Crippen molar-refractivity contribution in [1.82, 2.24) is 9.97 Å². The first-order chi connectivity index (χ1) is 8.69. The Morgan fingerprint density at radius 1 is 1.56 bits per heavy atom. The Morgan fingerprint density at radius 2 is 2.39 bits per heavy atom. The van der Waals surface area contributed by atoms with Crippen LogP contribution in [0.1, 0.15) is 12.0 Å². The van der Waals surface area contributed by atoms with Crippen LogP contribution in [0.25, 0.3) is 11.0 Å². The summed E-state index contributed by atoms with van der Waals surface area (Å²) in [4.78, 5) is 21.2. The number of aryl methyl sites for hydroxylation is 1. The fraction of sp³-hybridized carbons (Fsp3) is 0.286. The first-order valence-electron chi connectivity index (χ1n) is 5.91. The molecule has 0 aliphatic carbocycles. The highest BCUT2D eigenvalue weighted by atomic mass is 16.2. The summed E-state index contributed by atoms with van der Waals surface area (Å²) in [5.41, 5.74) is 2.95. The van der Waals surface area contributed by atoms with Crippen molar-refractivity contribution >= 4 is 22.9 Å². The number of amides is 1. The molecule has 0 saturated carbocycles. The Labute approximate surface area is 105 Å². The van der Waals surface area contributed by atoms with Gasteiger partial charge >= 0.3 is 0 Å². The van der Waals surface area contributed by atoms with Crippen molar-refractivity contribution in [2.45, 2.75) is 13.3 Å². The number of fused-ring (bicyclic) bond motifs is 1. The molecule has 4 nitrogen and oxygen atoms in total. The van der Waals surface area contributed by atoms with E-state index >= 15 is 0 Å². The predicted octanol–water partition coefficient (Wildman–Crippen LogP) is 1.86. The average molecular weight is 239 g/mol. The first-order valence-corrected chi connectivity index (χ1v) is 5.91. The molecule has 0 radical (unpaired) electrons. The largest absolute Gasteiger partial charge is 0.324 e. The third-order valence-corrected chi connectivity index (χ3v) is 3.32. The van der Waals surface area contributed by atoms with Gasteiger partial charge in [0.15, 0.2) is 0 Å². The number of H-pyrrole nitrogens is 1. The quantitative estimate of drug-likeness (QED) is 0.772. The number of nitrogens with one attached hydrogen (secondary N) is 1. The summed E-state index contributed by atoms with van der Waals surface area (Å²) in [5, 5.41) is 0. The van der Waals surface area contributed by atoms with Crippen LogP contribution in [0.5, 0.6) is 0 Å². The molecule has 4 heteroatoms. The van der Waals surface area contributed by atoms with Crippen LogP contribution in [-0.4, -0.2) is 22.4 Å². The molecule has 1 aliphatic rings. The number of para-hydroxylation sites is 1. The molecular weight excluding hydrogens is 226 g/mol. The topological polar surface area (TPSA) is 49.0 Å². The lowest BCUT2D eigenvalue weighted by Gasteiger charge is -2.11. The zero-order chi connectivity index (χ0) is 12.7. The molecular formula is C14H13N3O. The van der Waals surface area contributed by atoms with Crippen LogP contribution >= 0.6 is 0 Å². The summed E-state index contributed by atoms with van der Waals surface area (Å²) >= 11 is 0. The summed E-state index contributed by atoms with van der Waals surface area (Å²) in [6, 6.07) is 5.93. The third-order valence-electron chi connectivity index (χ3n) is 3.32. The number of nitrogens with zero attached hydrogens (tertiary/aromatic N) is 2. The van der Waals surface area contributed by atoms with Gasteiger partial charge < -0.3 is 4.98 Å². The van der Waals surface area contributed by atoms with Crippen LogP contribution in [0.2, 0.25) is 0 Å². The van der Waals surface area contributed by atoms with Crippen molar-refractivity contribution in [1.29, 1.82) is 0 Å². The van der Waals surface area contributed by atoms with Gasteiger partial charge in [0.2, 0.25) is 11.9 Å². The summed E-state index contributed by atoms with van der Waals surface area (Å²) in [7, 11) is 0. The van der Waals surface area contributed by atoms with Crippen molar-refractivity contribution < 1.29 is 4.79 Å². The van der Waals surface area contributed by atoms with Crippen LogP contribution in [0, 0.1) is 25.2 Å². The highest BCUT2D eigenvalue weighted by Crippen LogP contribution is 2.25. The van der Waals surface area contributed by atoms with E-state index in [1.54, 1.807) is 4.90 Å². The number of terminal acetylenes is 1. The van der Waals surface area contributed by atoms with Crippen molar-refractivity contribution in [3.8, 4) is 12.3 Å². The van der Waals surface area contributed by atoms with Crippen molar-refractivity contribution in [2.24, 2.45) is 5.92 Å². The molecule has 1 aromatic carbocycles. The summed E-state index contributed by atoms with van der Waals surface area (Å²) in [6.45, 7) is 2.55. The SMILES string of the molecule is C#CC1CC(=O)N(c2nc3c(C)cccc3[nH]2)C1. The molecule has 1 N–H and O–H groups in total. The molecule has 1 aliphatic heterocycles. The van der Waals surface area contributed by atoms with Gasteiger partial charge in [0.1, 0.15) is 0 Å². The number of aromatic amines is 1. The van der Waals surface area contributed by atoms with Crippen molar-refractivity contribution in [3.63, 3.8) is 0 Å². The second kappa shape index (κ2) is 3.88. The summed E-state index contributed by atoms with van der Waals surface area (Å²) < 4.78 is 0. The van der Waals surface area contributed by atoms with Gasteiger partial charge in [0.05, 0.1) is 11.0 Å². The van der Waals surface area contributed by atoms with E-state index in [9.17, 15) is 4.79 Å². The Hall–Kier alpha value is -2.28. The molecule has 2 aromatic rings. The van der Waals surface area contributed by atoms with E-state index in [0.29, 0.717) is 18.9 Å². The Kier molecular flexibility index (Phi) is 2.34. The lowest BCUT2D eigenvalue weighted by Crippen LogP contribution is -2.25. The molecule has 1 amide bonds. The van der Waals surface area contributed by atoms with Crippen molar-refractivity contribution in [2.75, 3.05) is 11.4 Å². The fourth-order valence-electron chi connectivity index (χ4n) is 2.31. The number of hydrogen-bond donors (Lipinski definition) is 1. The molecule has 1 unspecified atom stereocenters. The smallest absolute Gasteiger partial charge is 0.230 e. The van der Waals surface area contributed by atoms with E-state index in [1.165, 1.54) is 0 Å². The number of carbonyl (C=O) groups excluding carboxylic acids is 1. The minimum atomic E-state index is -0.00758. The Bertz CT molecular complexity index is 665. The standard InChI is InChI=1S/C14H13N3O/c1-3-10-7-12(18)17(8-10)14-15-11-6-4-5-9(2)13(11)16-14/h1,4-6,10H,7-8H2,2H3,(H,15,16). The molecule has 2 heterocycles. The number of carbonyl (C=O) groups is 1. The van der Waals surface area contributed by atoms with Crippen molar-refractivity contribution in [3.05, 3.63) is 23.8 Å². The number of imidazole rings is 1. The highest BCUT2D eigenvalue weighted by molar-refractivity contribution is 5.96. The van der Waals surface area contributed by atoms with Gasteiger partial charge in [-0.25, -0.2) is 4.98 Å². The molecule has 1 atom stereocenters. The Balaban J connectivity index is 2.03. The van der Waals surface area contributed by atoms with Crippen LogP contribution in [0.15, 0.2) is 18.2 Å². The number of anilines is 1. The molecule has 0 spiro atoms. The molecule has 90 valence electrons. The fourth-order valence-corrected chi connectivity index (χ4v) is 2.31. The zero-order valence-electron chi connectivity index (χ0n) is 10.1. The summed E-state index contributed by atoms with van der Waals surface area (Å²) in [5.74, 6) is 3.26. The average Bonchev–Trinajstić information content (AvgIpc) is 2.93. The monoisotopic (exact) mass is 239 g/mol.